The quantitative estimate of drug-likeness (QED) is 0.321. The van der Waals surface area contributed by atoms with Crippen molar-refractivity contribution >= 4 is 0 Å². The summed E-state index contributed by atoms with van der Waals surface area (Å²) in [6, 6.07) is 0.365. The summed E-state index contributed by atoms with van der Waals surface area (Å²) >= 11 is 0. The zero-order valence-corrected chi connectivity index (χ0v) is 16.4. The highest BCUT2D eigenvalue weighted by Crippen LogP contribution is 2.35. The maximum absolute atomic E-state index is 6.55. The standard InChI is InChI=1S/C21H45N/c1-6-8-10-12-13-14-16-18-20(22)21(4,5)19(3)17-15-11-9-7-2/h19-20H,6-18,22H2,1-5H3. The van der Waals surface area contributed by atoms with Gasteiger partial charge in [-0.3, -0.25) is 0 Å². The fourth-order valence-electron chi connectivity index (χ4n) is 3.31. The average molecular weight is 312 g/mol. The number of hydrogen-bond acceptors (Lipinski definition) is 1. The molecule has 2 atom stereocenters. The SMILES string of the molecule is CCCCCCCCCC(N)C(C)(C)C(C)CCCCCC. The number of nitrogens with two attached hydrogens (primary N) is 1. The molecule has 2 unspecified atom stereocenters. The molecule has 0 saturated carbocycles. The topological polar surface area (TPSA) is 26.0 Å². The monoisotopic (exact) mass is 311 g/mol. The van der Waals surface area contributed by atoms with E-state index in [1.165, 1.54) is 83.5 Å². The molecule has 1 heteroatoms. The molecule has 22 heavy (non-hydrogen) atoms. The van der Waals surface area contributed by atoms with Gasteiger partial charge in [0.1, 0.15) is 0 Å². The average Bonchev–Trinajstić information content (AvgIpc) is 2.50. The van der Waals surface area contributed by atoms with Gasteiger partial charge < -0.3 is 5.73 Å². The summed E-state index contributed by atoms with van der Waals surface area (Å²) in [5.74, 6) is 0.740. The predicted molar refractivity (Wildman–Crippen MR) is 102 cm³/mol. The molecule has 0 aromatic rings. The minimum absolute atomic E-state index is 0.286. The predicted octanol–water partition coefficient (Wildman–Crippen LogP) is 7.09. The Labute approximate surface area is 141 Å². The van der Waals surface area contributed by atoms with Crippen molar-refractivity contribution in [1.29, 1.82) is 0 Å². The molecule has 2 N–H and O–H groups in total. The molecule has 0 aromatic heterocycles. The Morgan fingerprint density at radius 2 is 1.09 bits per heavy atom. The second-order valence-corrected chi connectivity index (χ2v) is 8.09. The minimum atomic E-state index is 0.286. The maximum Gasteiger partial charge on any atom is 0.00928 e. The summed E-state index contributed by atoms with van der Waals surface area (Å²) in [6.45, 7) is 11.8. The largest absolute Gasteiger partial charge is 0.327 e. The lowest BCUT2D eigenvalue weighted by molar-refractivity contribution is 0.158. The van der Waals surface area contributed by atoms with Gasteiger partial charge in [-0.2, -0.15) is 0 Å². The van der Waals surface area contributed by atoms with Crippen LogP contribution in [0.5, 0.6) is 0 Å². The molecule has 0 bridgehead atoms. The highest BCUT2D eigenvalue weighted by molar-refractivity contribution is 4.85. The van der Waals surface area contributed by atoms with Crippen LogP contribution in [0.2, 0.25) is 0 Å². The smallest absolute Gasteiger partial charge is 0.00928 e. The third-order valence-electron chi connectivity index (χ3n) is 5.84. The first-order valence-electron chi connectivity index (χ1n) is 10.2. The lowest BCUT2D eigenvalue weighted by atomic mass is 9.71. The highest BCUT2D eigenvalue weighted by atomic mass is 14.7. The molecule has 0 aliphatic rings. The summed E-state index contributed by atoms with van der Waals surface area (Å²) in [7, 11) is 0. The molecule has 0 amide bonds. The van der Waals surface area contributed by atoms with Gasteiger partial charge in [0.15, 0.2) is 0 Å². The number of unbranched alkanes of at least 4 members (excludes halogenated alkanes) is 9. The van der Waals surface area contributed by atoms with Crippen molar-refractivity contribution in [1.82, 2.24) is 0 Å². The maximum atomic E-state index is 6.55. The van der Waals surface area contributed by atoms with E-state index in [0.717, 1.165) is 5.92 Å². The molecule has 0 spiro atoms. The van der Waals surface area contributed by atoms with Crippen LogP contribution in [-0.2, 0) is 0 Å². The van der Waals surface area contributed by atoms with Gasteiger partial charge in [-0.15, -0.1) is 0 Å². The molecule has 0 fully saturated rings. The van der Waals surface area contributed by atoms with E-state index in [1.54, 1.807) is 0 Å². The van der Waals surface area contributed by atoms with Crippen LogP contribution in [0.3, 0.4) is 0 Å². The fourth-order valence-corrected chi connectivity index (χ4v) is 3.31. The van der Waals surface area contributed by atoms with Crippen molar-refractivity contribution in [2.45, 2.75) is 124 Å². The van der Waals surface area contributed by atoms with Crippen LogP contribution in [-0.4, -0.2) is 6.04 Å². The van der Waals surface area contributed by atoms with E-state index < -0.39 is 0 Å². The van der Waals surface area contributed by atoms with Crippen molar-refractivity contribution in [3.05, 3.63) is 0 Å². The van der Waals surface area contributed by atoms with Crippen molar-refractivity contribution in [3.8, 4) is 0 Å². The van der Waals surface area contributed by atoms with Crippen LogP contribution >= 0.6 is 0 Å². The second-order valence-electron chi connectivity index (χ2n) is 8.09. The molecule has 0 aliphatic carbocycles. The van der Waals surface area contributed by atoms with E-state index in [4.69, 9.17) is 5.73 Å². The van der Waals surface area contributed by atoms with Crippen molar-refractivity contribution in [2.75, 3.05) is 0 Å². The summed E-state index contributed by atoms with van der Waals surface area (Å²) in [5.41, 5.74) is 6.83. The molecular formula is C21H45N. The molecule has 0 saturated heterocycles. The van der Waals surface area contributed by atoms with Crippen LogP contribution in [0.1, 0.15) is 118 Å². The van der Waals surface area contributed by atoms with E-state index in [2.05, 4.69) is 34.6 Å². The Kier molecular flexibility index (Phi) is 13.4. The van der Waals surface area contributed by atoms with Gasteiger partial charge >= 0.3 is 0 Å². The fraction of sp³-hybridized carbons (Fsp3) is 1.00. The van der Waals surface area contributed by atoms with Gasteiger partial charge in [-0.1, -0.05) is 112 Å². The number of hydrogen-bond donors (Lipinski definition) is 1. The van der Waals surface area contributed by atoms with Crippen LogP contribution in [0.4, 0.5) is 0 Å². The van der Waals surface area contributed by atoms with E-state index >= 15 is 0 Å². The van der Waals surface area contributed by atoms with Crippen LogP contribution in [0.15, 0.2) is 0 Å². The zero-order chi connectivity index (χ0) is 16.8. The second kappa shape index (κ2) is 13.4. The van der Waals surface area contributed by atoms with Gasteiger partial charge in [0.2, 0.25) is 0 Å². The van der Waals surface area contributed by atoms with Crippen LogP contribution in [0, 0.1) is 11.3 Å². The Bertz CT molecular complexity index is 234. The molecular weight excluding hydrogens is 266 g/mol. The molecule has 0 aromatic carbocycles. The normalized spacial score (nSPS) is 15.0. The summed E-state index contributed by atoms with van der Waals surface area (Å²) in [4.78, 5) is 0. The molecule has 134 valence electrons. The van der Waals surface area contributed by atoms with Crippen LogP contribution < -0.4 is 5.73 Å². The Morgan fingerprint density at radius 3 is 1.64 bits per heavy atom. The highest BCUT2D eigenvalue weighted by Gasteiger charge is 2.31. The van der Waals surface area contributed by atoms with Gasteiger partial charge in [0, 0.05) is 6.04 Å². The molecule has 0 radical (unpaired) electrons. The first-order chi connectivity index (χ1) is 10.5. The van der Waals surface area contributed by atoms with Crippen LogP contribution in [0.25, 0.3) is 0 Å². The van der Waals surface area contributed by atoms with Gasteiger partial charge in [-0.05, 0) is 17.8 Å². The lowest BCUT2D eigenvalue weighted by Crippen LogP contribution is -2.41. The first kappa shape index (κ1) is 22.0. The van der Waals surface area contributed by atoms with E-state index in [1.807, 2.05) is 0 Å². The third kappa shape index (κ3) is 9.87. The molecule has 0 heterocycles. The van der Waals surface area contributed by atoms with E-state index in [9.17, 15) is 0 Å². The van der Waals surface area contributed by atoms with Crippen molar-refractivity contribution in [3.63, 3.8) is 0 Å². The molecule has 1 nitrogen and oxygen atoms in total. The first-order valence-corrected chi connectivity index (χ1v) is 10.2. The van der Waals surface area contributed by atoms with E-state index in [-0.39, 0.29) is 5.41 Å². The third-order valence-corrected chi connectivity index (χ3v) is 5.84. The molecule has 0 rings (SSSR count). The minimum Gasteiger partial charge on any atom is -0.327 e. The zero-order valence-electron chi connectivity index (χ0n) is 16.4. The van der Waals surface area contributed by atoms with Gasteiger partial charge in [-0.25, -0.2) is 0 Å². The summed E-state index contributed by atoms with van der Waals surface area (Å²) < 4.78 is 0. The van der Waals surface area contributed by atoms with Gasteiger partial charge in [0.05, 0.1) is 0 Å². The van der Waals surface area contributed by atoms with Crippen molar-refractivity contribution < 1.29 is 0 Å². The number of rotatable bonds is 15. The summed E-state index contributed by atoms with van der Waals surface area (Å²) in [5, 5.41) is 0. The molecule has 0 aliphatic heterocycles. The summed E-state index contributed by atoms with van der Waals surface area (Å²) in [6.07, 6.45) is 17.7. The Hall–Kier alpha value is -0.0400. The lowest BCUT2D eigenvalue weighted by Gasteiger charge is -2.38. The van der Waals surface area contributed by atoms with E-state index in [0.29, 0.717) is 6.04 Å². The Morgan fingerprint density at radius 1 is 0.682 bits per heavy atom. The van der Waals surface area contributed by atoms with Crippen molar-refractivity contribution in [2.24, 2.45) is 17.1 Å². The van der Waals surface area contributed by atoms with Gasteiger partial charge in [0.25, 0.3) is 0 Å². The Balaban J connectivity index is 3.82.